The van der Waals surface area contributed by atoms with E-state index in [-0.39, 0.29) is 11.9 Å². The van der Waals surface area contributed by atoms with Crippen molar-refractivity contribution in [3.05, 3.63) is 24.0 Å². The number of hydrogen-bond acceptors (Lipinski definition) is 3. The summed E-state index contributed by atoms with van der Waals surface area (Å²) in [5, 5.41) is 3.20. The lowest BCUT2D eigenvalue weighted by Crippen LogP contribution is -2.36. The fraction of sp³-hybridized carbons (Fsp3) is 0.571. The molecule has 0 aromatic carbocycles. The van der Waals surface area contributed by atoms with E-state index in [2.05, 4.69) is 24.1 Å². The second-order valence-electron chi connectivity index (χ2n) is 4.34. The first-order valence-electron chi connectivity index (χ1n) is 6.60. The minimum Gasteiger partial charge on any atom is -0.385 e. The van der Waals surface area contributed by atoms with E-state index in [1.165, 1.54) is 0 Å². The molecule has 1 amide bonds. The van der Waals surface area contributed by atoms with Gasteiger partial charge in [0.25, 0.3) is 5.91 Å². The van der Waals surface area contributed by atoms with Gasteiger partial charge in [0.1, 0.15) is 0 Å². The van der Waals surface area contributed by atoms with Gasteiger partial charge in [-0.05, 0) is 25.8 Å². The molecule has 0 saturated carbocycles. The van der Waals surface area contributed by atoms with E-state index in [1.54, 1.807) is 12.4 Å². The van der Waals surface area contributed by atoms with Crippen LogP contribution in [-0.2, 0) is 0 Å². The van der Waals surface area contributed by atoms with Crippen molar-refractivity contribution in [2.45, 2.75) is 39.7 Å². The summed E-state index contributed by atoms with van der Waals surface area (Å²) < 4.78 is 0. The Labute approximate surface area is 109 Å². The fourth-order valence-corrected chi connectivity index (χ4v) is 2.10. The van der Waals surface area contributed by atoms with Crippen molar-refractivity contribution in [3.8, 4) is 0 Å². The van der Waals surface area contributed by atoms with Gasteiger partial charge in [0, 0.05) is 32.0 Å². The van der Waals surface area contributed by atoms with Crippen LogP contribution in [0.4, 0.5) is 5.69 Å². The van der Waals surface area contributed by atoms with Gasteiger partial charge in [0.15, 0.2) is 0 Å². The number of rotatable bonds is 6. The molecule has 4 nitrogen and oxygen atoms in total. The fourth-order valence-electron chi connectivity index (χ4n) is 2.10. The quantitative estimate of drug-likeness (QED) is 0.843. The summed E-state index contributed by atoms with van der Waals surface area (Å²) in [5.74, 6) is 0.0350. The Morgan fingerprint density at radius 1 is 1.39 bits per heavy atom. The summed E-state index contributed by atoms with van der Waals surface area (Å²) in [6, 6.07) is 2.13. The number of nitrogens with one attached hydrogen (secondary N) is 1. The Kier molecular flexibility index (Phi) is 5.62. The van der Waals surface area contributed by atoms with Crippen LogP contribution in [0.5, 0.6) is 0 Å². The van der Waals surface area contributed by atoms with Crippen LogP contribution in [0.25, 0.3) is 0 Å². The van der Waals surface area contributed by atoms with Gasteiger partial charge in [-0.2, -0.15) is 0 Å². The number of aromatic nitrogens is 1. The number of carbonyl (C=O) groups is 1. The van der Waals surface area contributed by atoms with Gasteiger partial charge in [0.05, 0.1) is 11.3 Å². The summed E-state index contributed by atoms with van der Waals surface area (Å²) >= 11 is 0. The first-order valence-corrected chi connectivity index (χ1v) is 6.60. The van der Waals surface area contributed by atoms with Crippen molar-refractivity contribution in [1.82, 2.24) is 9.88 Å². The topological polar surface area (TPSA) is 45.2 Å². The lowest BCUT2D eigenvalue weighted by Gasteiger charge is -2.27. The molecule has 18 heavy (non-hydrogen) atoms. The largest absolute Gasteiger partial charge is 0.385 e. The average molecular weight is 249 g/mol. The maximum atomic E-state index is 12.4. The average Bonchev–Trinajstić information content (AvgIpc) is 2.40. The van der Waals surface area contributed by atoms with Gasteiger partial charge < -0.3 is 10.2 Å². The number of carbonyl (C=O) groups excluding carboxylic acids is 1. The van der Waals surface area contributed by atoms with Crippen LogP contribution in [-0.4, -0.2) is 35.4 Å². The first-order chi connectivity index (χ1) is 8.65. The zero-order chi connectivity index (χ0) is 13.5. The van der Waals surface area contributed by atoms with Gasteiger partial charge in [-0.1, -0.05) is 13.8 Å². The van der Waals surface area contributed by atoms with Crippen LogP contribution in [0.15, 0.2) is 18.5 Å². The molecule has 1 aromatic rings. The standard InChI is InChI=1S/C14H23N3O/c1-5-11(6-2)17(4)14(18)12-10-15-9-8-13(12)16-7-3/h8-11H,5-7H2,1-4H3,(H,15,16). The minimum absolute atomic E-state index is 0.0350. The molecular formula is C14H23N3O. The Balaban J connectivity index is 2.95. The van der Waals surface area contributed by atoms with E-state index in [0.29, 0.717) is 5.56 Å². The highest BCUT2D eigenvalue weighted by Gasteiger charge is 2.20. The Morgan fingerprint density at radius 3 is 2.61 bits per heavy atom. The highest BCUT2D eigenvalue weighted by atomic mass is 16.2. The first kappa shape index (κ1) is 14.5. The molecule has 0 aliphatic rings. The monoisotopic (exact) mass is 249 g/mol. The third-order valence-corrected chi connectivity index (χ3v) is 3.23. The van der Waals surface area contributed by atoms with Crippen molar-refractivity contribution in [3.63, 3.8) is 0 Å². The zero-order valence-corrected chi connectivity index (χ0v) is 11.7. The highest BCUT2D eigenvalue weighted by Crippen LogP contribution is 2.18. The molecule has 100 valence electrons. The van der Waals surface area contributed by atoms with E-state index in [9.17, 15) is 4.79 Å². The summed E-state index contributed by atoms with van der Waals surface area (Å²) in [4.78, 5) is 18.3. The Hall–Kier alpha value is -1.58. The summed E-state index contributed by atoms with van der Waals surface area (Å²) in [5.41, 5.74) is 1.50. The molecule has 0 radical (unpaired) electrons. The van der Waals surface area contributed by atoms with Crippen LogP contribution in [0, 0.1) is 0 Å². The van der Waals surface area contributed by atoms with Crippen LogP contribution >= 0.6 is 0 Å². The number of amides is 1. The third-order valence-electron chi connectivity index (χ3n) is 3.23. The van der Waals surface area contributed by atoms with Crippen LogP contribution in [0.1, 0.15) is 44.0 Å². The van der Waals surface area contributed by atoms with Crippen LogP contribution in [0.2, 0.25) is 0 Å². The number of hydrogen-bond donors (Lipinski definition) is 1. The summed E-state index contributed by atoms with van der Waals surface area (Å²) in [6.45, 7) is 7.01. The van der Waals surface area contributed by atoms with Crippen molar-refractivity contribution in [2.75, 3.05) is 18.9 Å². The van der Waals surface area contributed by atoms with E-state index in [0.717, 1.165) is 25.1 Å². The maximum Gasteiger partial charge on any atom is 0.257 e. The molecule has 0 aliphatic carbocycles. The van der Waals surface area contributed by atoms with Gasteiger partial charge >= 0.3 is 0 Å². The predicted octanol–water partition coefficient (Wildman–Crippen LogP) is 2.77. The molecule has 1 N–H and O–H groups in total. The van der Waals surface area contributed by atoms with Crippen molar-refractivity contribution in [1.29, 1.82) is 0 Å². The van der Waals surface area contributed by atoms with E-state index < -0.39 is 0 Å². The van der Waals surface area contributed by atoms with Gasteiger partial charge in [-0.3, -0.25) is 9.78 Å². The second kappa shape index (κ2) is 6.99. The molecule has 1 aromatic heterocycles. The molecule has 4 heteroatoms. The molecule has 1 heterocycles. The SMILES string of the molecule is CCNc1ccncc1C(=O)N(C)C(CC)CC. The molecule has 0 saturated heterocycles. The highest BCUT2D eigenvalue weighted by molar-refractivity contribution is 5.99. The molecule has 0 fully saturated rings. The van der Waals surface area contributed by atoms with E-state index in [4.69, 9.17) is 0 Å². The molecule has 0 aliphatic heterocycles. The molecular weight excluding hydrogens is 226 g/mol. The summed E-state index contributed by atoms with van der Waals surface area (Å²) in [7, 11) is 1.86. The van der Waals surface area contributed by atoms with E-state index >= 15 is 0 Å². The molecule has 1 rings (SSSR count). The van der Waals surface area contributed by atoms with Crippen LogP contribution in [0.3, 0.4) is 0 Å². The van der Waals surface area contributed by atoms with Crippen LogP contribution < -0.4 is 5.32 Å². The number of nitrogens with zero attached hydrogens (tertiary/aromatic N) is 2. The predicted molar refractivity (Wildman–Crippen MR) is 74.9 cm³/mol. The lowest BCUT2D eigenvalue weighted by molar-refractivity contribution is 0.0724. The van der Waals surface area contributed by atoms with Crippen molar-refractivity contribution in [2.24, 2.45) is 0 Å². The van der Waals surface area contributed by atoms with Crippen molar-refractivity contribution >= 4 is 11.6 Å². The van der Waals surface area contributed by atoms with E-state index in [1.807, 2.05) is 24.9 Å². The van der Waals surface area contributed by atoms with Gasteiger partial charge in [-0.25, -0.2) is 0 Å². The lowest BCUT2D eigenvalue weighted by atomic mass is 10.1. The van der Waals surface area contributed by atoms with Crippen molar-refractivity contribution < 1.29 is 4.79 Å². The Morgan fingerprint density at radius 2 is 2.06 bits per heavy atom. The smallest absolute Gasteiger partial charge is 0.257 e. The molecule has 0 spiro atoms. The molecule has 0 bridgehead atoms. The molecule has 0 unspecified atom stereocenters. The number of anilines is 1. The summed E-state index contributed by atoms with van der Waals surface area (Å²) in [6.07, 6.45) is 5.27. The maximum absolute atomic E-state index is 12.4. The molecule has 0 atom stereocenters. The zero-order valence-electron chi connectivity index (χ0n) is 11.7. The minimum atomic E-state index is 0.0350. The number of pyridine rings is 1. The second-order valence-corrected chi connectivity index (χ2v) is 4.34. The third kappa shape index (κ3) is 3.22. The van der Waals surface area contributed by atoms with Gasteiger partial charge in [0.2, 0.25) is 0 Å². The normalized spacial score (nSPS) is 10.5. The van der Waals surface area contributed by atoms with Gasteiger partial charge in [-0.15, -0.1) is 0 Å². The Bertz CT molecular complexity index is 388.